The molecule has 0 saturated carbocycles. The maximum Gasteiger partial charge on any atom is 0.203 e. The molecule has 3 rings (SSSR count). The minimum atomic E-state index is 0.799. The summed E-state index contributed by atoms with van der Waals surface area (Å²) in [5, 5.41) is 7.28. The van der Waals surface area contributed by atoms with Gasteiger partial charge in [-0.15, -0.1) is 11.3 Å². The number of thiazole rings is 1. The molecule has 23 heavy (non-hydrogen) atoms. The Bertz CT molecular complexity index is 789. The maximum atomic E-state index is 4.57. The van der Waals surface area contributed by atoms with E-state index >= 15 is 0 Å². The summed E-state index contributed by atoms with van der Waals surface area (Å²) < 4.78 is 0. The molecule has 0 radical (unpaired) electrons. The van der Waals surface area contributed by atoms with E-state index in [-0.39, 0.29) is 0 Å². The van der Waals surface area contributed by atoms with Gasteiger partial charge in [0.05, 0.1) is 11.4 Å². The van der Waals surface area contributed by atoms with Gasteiger partial charge in [-0.3, -0.25) is 5.43 Å². The Balaban J connectivity index is 1.70. The van der Waals surface area contributed by atoms with Crippen LogP contribution in [0.4, 0.5) is 5.13 Å². The molecule has 0 aliphatic heterocycles. The number of hydrogen-bond donors (Lipinski definition) is 1. The molecule has 0 aliphatic carbocycles. The third kappa shape index (κ3) is 3.85. The smallest absolute Gasteiger partial charge is 0.203 e. The van der Waals surface area contributed by atoms with Gasteiger partial charge in [-0.1, -0.05) is 61.5 Å². The summed E-state index contributed by atoms with van der Waals surface area (Å²) in [5.74, 6) is 0. The topological polar surface area (TPSA) is 37.3 Å². The van der Waals surface area contributed by atoms with Gasteiger partial charge in [0.1, 0.15) is 0 Å². The van der Waals surface area contributed by atoms with E-state index in [9.17, 15) is 0 Å². The number of hydrazone groups is 1. The molecule has 0 amide bonds. The molecular formula is C19H19N3S. The molecule has 3 nitrogen and oxygen atoms in total. The zero-order chi connectivity index (χ0) is 16.1. The van der Waals surface area contributed by atoms with Gasteiger partial charge in [-0.05, 0) is 24.5 Å². The number of hydrogen-bond acceptors (Lipinski definition) is 4. The Kier molecular flexibility index (Phi) is 4.83. The van der Waals surface area contributed by atoms with E-state index in [1.54, 1.807) is 11.3 Å². The highest BCUT2D eigenvalue weighted by molar-refractivity contribution is 7.14. The average molecular weight is 321 g/mol. The van der Waals surface area contributed by atoms with Crippen LogP contribution in [-0.4, -0.2) is 10.7 Å². The van der Waals surface area contributed by atoms with Crippen molar-refractivity contribution < 1.29 is 0 Å². The van der Waals surface area contributed by atoms with Gasteiger partial charge in [-0.2, -0.15) is 5.10 Å². The summed E-state index contributed by atoms with van der Waals surface area (Å²) in [6, 6.07) is 18.7. The zero-order valence-electron chi connectivity index (χ0n) is 13.3. The predicted molar refractivity (Wildman–Crippen MR) is 99.2 cm³/mol. The minimum absolute atomic E-state index is 0.799. The molecule has 2 aromatic carbocycles. The second-order valence-corrected chi connectivity index (χ2v) is 6.12. The molecule has 0 unspecified atom stereocenters. The van der Waals surface area contributed by atoms with Crippen molar-refractivity contribution in [2.45, 2.75) is 20.3 Å². The van der Waals surface area contributed by atoms with Gasteiger partial charge in [0.25, 0.3) is 0 Å². The van der Waals surface area contributed by atoms with Crippen LogP contribution >= 0.6 is 11.3 Å². The molecule has 0 bridgehead atoms. The molecule has 1 aromatic heterocycles. The lowest BCUT2D eigenvalue weighted by molar-refractivity contribution is 1.14. The highest BCUT2D eigenvalue weighted by atomic mass is 32.1. The Hall–Kier alpha value is -2.46. The van der Waals surface area contributed by atoms with Crippen molar-refractivity contribution in [1.82, 2.24) is 4.98 Å². The van der Waals surface area contributed by atoms with Gasteiger partial charge < -0.3 is 0 Å². The zero-order valence-corrected chi connectivity index (χ0v) is 14.1. The quantitative estimate of drug-likeness (QED) is 0.517. The van der Waals surface area contributed by atoms with Crippen molar-refractivity contribution in [1.29, 1.82) is 0 Å². The van der Waals surface area contributed by atoms with Crippen molar-refractivity contribution in [2.75, 3.05) is 5.43 Å². The standard InChI is InChI=1S/C19H19N3S/c1-3-15-9-11-16(12-10-15)14(2)21-22-19-20-18(13-23-19)17-7-5-4-6-8-17/h4-13H,3H2,1-2H3,(H,20,22)/b21-14-. The minimum Gasteiger partial charge on any atom is -0.252 e. The third-order valence-electron chi connectivity index (χ3n) is 3.67. The van der Waals surface area contributed by atoms with Crippen molar-refractivity contribution in [3.63, 3.8) is 0 Å². The van der Waals surface area contributed by atoms with Gasteiger partial charge in [0.15, 0.2) is 0 Å². The molecule has 1 heterocycles. The van der Waals surface area contributed by atoms with Gasteiger partial charge in [-0.25, -0.2) is 4.98 Å². The van der Waals surface area contributed by atoms with Crippen LogP contribution in [0.1, 0.15) is 25.0 Å². The number of nitrogens with one attached hydrogen (secondary N) is 1. The number of rotatable bonds is 5. The first-order valence-electron chi connectivity index (χ1n) is 7.67. The fourth-order valence-corrected chi connectivity index (χ4v) is 2.91. The van der Waals surface area contributed by atoms with Crippen LogP contribution < -0.4 is 5.43 Å². The number of aromatic nitrogens is 1. The summed E-state index contributed by atoms with van der Waals surface area (Å²) in [4.78, 5) is 4.57. The first kappa shape index (κ1) is 15.4. The van der Waals surface area contributed by atoms with Crippen molar-refractivity contribution in [3.05, 3.63) is 71.1 Å². The first-order chi connectivity index (χ1) is 11.3. The van der Waals surface area contributed by atoms with Crippen molar-refractivity contribution in [2.24, 2.45) is 5.10 Å². The molecule has 3 aromatic rings. The molecule has 1 N–H and O–H groups in total. The van der Waals surface area contributed by atoms with Gasteiger partial charge >= 0.3 is 0 Å². The van der Waals surface area contributed by atoms with Crippen LogP contribution in [0.2, 0.25) is 0 Å². The fraction of sp³-hybridized carbons (Fsp3) is 0.158. The maximum absolute atomic E-state index is 4.57. The van der Waals surface area contributed by atoms with Crippen LogP contribution in [0.15, 0.2) is 65.1 Å². The third-order valence-corrected chi connectivity index (χ3v) is 4.42. The Morgan fingerprint density at radius 1 is 1.09 bits per heavy atom. The largest absolute Gasteiger partial charge is 0.252 e. The van der Waals surface area contributed by atoms with Gasteiger partial charge in [0.2, 0.25) is 5.13 Å². The normalized spacial score (nSPS) is 11.5. The van der Waals surface area contributed by atoms with Crippen molar-refractivity contribution in [3.8, 4) is 11.3 Å². The Morgan fingerprint density at radius 3 is 2.52 bits per heavy atom. The van der Waals surface area contributed by atoms with E-state index in [2.05, 4.69) is 58.8 Å². The molecule has 0 spiro atoms. The predicted octanol–water partition coefficient (Wildman–Crippen LogP) is 5.21. The number of aryl methyl sites for hydroxylation is 1. The molecule has 0 atom stereocenters. The number of nitrogens with zero attached hydrogens (tertiary/aromatic N) is 2. The highest BCUT2D eigenvalue weighted by Gasteiger charge is 2.04. The Labute approximate surface area is 140 Å². The summed E-state index contributed by atoms with van der Waals surface area (Å²) in [7, 11) is 0. The van der Waals surface area contributed by atoms with E-state index in [4.69, 9.17) is 0 Å². The number of benzene rings is 2. The second kappa shape index (κ2) is 7.20. The monoisotopic (exact) mass is 321 g/mol. The molecule has 0 aliphatic rings. The molecule has 116 valence electrons. The summed E-state index contributed by atoms with van der Waals surface area (Å²) in [5.41, 5.74) is 8.55. The molecule has 0 fully saturated rings. The molecular weight excluding hydrogens is 302 g/mol. The lowest BCUT2D eigenvalue weighted by Gasteiger charge is -2.03. The first-order valence-corrected chi connectivity index (χ1v) is 8.55. The lowest BCUT2D eigenvalue weighted by atomic mass is 10.1. The Morgan fingerprint density at radius 2 is 1.83 bits per heavy atom. The number of anilines is 1. The molecule has 4 heteroatoms. The van der Waals surface area contributed by atoms with E-state index in [0.29, 0.717) is 0 Å². The molecule has 0 saturated heterocycles. The fourth-order valence-electron chi connectivity index (χ4n) is 2.24. The van der Waals surface area contributed by atoms with Crippen LogP contribution in [0.25, 0.3) is 11.3 Å². The SMILES string of the molecule is CCc1ccc(/C(C)=N\Nc2nc(-c3ccccc3)cs2)cc1. The van der Waals surface area contributed by atoms with E-state index in [0.717, 1.165) is 34.1 Å². The van der Waals surface area contributed by atoms with E-state index < -0.39 is 0 Å². The van der Waals surface area contributed by atoms with E-state index in [1.165, 1.54) is 5.56 Å². The average Bonchev–Trinajstić information content (AvgIpc) is 3.09. The van der Waals surface area contributed by atoms with Crippen LogP contribution in [0.3, 0.4) is 0 Å². The second-order valence-electron chi connectivity index (χ2n) is 5.26. The highest BCUT2D eigenvalue weighted by Crippen LogP contribution is 2.24. The van der Waals surface area contributed by atoms with Crippen LogP contribution in [0.5, 0.6) is 0 Å². The summed E-state index contributed by atoms with van der Waals surface area (Å²) in [6.07, 6.45) is 1.05. The van der Waals surface area contributed by atoms with Gasteiger partial charge in [0, 0.05) is 10.9 Å². The van der Waals surface area contributed by atoms with Crippen molar-refractivity contribution >= 4 is 22.2 Å². The summed E-state index contributed by atoms with van der Waals surface area (Å²) in [6.45, 7) is 4.16. The van der Waals surface area contributed by atoms with E-state index in [1.807, 2.05) is 30.5 Å². The van der Waals surface area contributed by atoms with Crippen LogP contribution in [-0.2, 0) is 6.42 Å². The summed E-state index contributed by atoms with van der Waals surface area (Å²) >= 11 is 1.56. The lowest BCUT2D eigenvalue weighted by Crippen LogP contribution is -1.99. The van der Waals surface area contributed by atoms with Crippen LogP contribution in [0, 0.1) is 0 Å².